The zero-order chi connectivity index (χ0) is 24.4. The summed E-state index contributed by atoms with van der Waals surface area (Å²) < 4.78 is 5.11. The first-order chi connectivity index (χ1) is 16.2. The fraction of sp³-hybridized carbons (Fsp3) is 0.346. The third-order valence-electron chi connectivity index (χ3n) is 6.41. The standard InChI is InChI=1S/C26H26N2O6/c1-15-9-10-21-22(11-15)25(32)28(24(21)31)20-8-4-6-18(13-20)26(33)34-14-23(30)27-19-7-3-5-17(12-19)16(2)29/h3-8,12-13,15,21-22H,9-11,14H2,1-2H3,(H,27,30)/t15-,21+,22-/m0/s1. The molecule has 2 fully saturated rings. The van der Waals surface area contributed by atoms with Crippen LogP contribution in [0.1, 0.15) is 53.8 Å². The number of nitrogens with one attached hydrogen (secondary N) is 1. The summed E-state index contributed by atoms with van der Waals surface area (Å²) in [5.74, 6) is -2.10. The van der Waals surface area contributed by atoms with Crippen molar-refractivity contribution in [3.05, 3.63) is 59.7 Å². The number of imide groups is 1. The highest BCUT2D eigenvalue weighted by atomic mass is 16.5. The molecule has 1 saturated carbocycles. The molecule has 2 aromatic carbocycles. The highest BCUT2D eigenvalue weighted by molar-refractivity contribution is 6.22. The van der Waals surface area contributed by atoms with E-state index in [1.807, 2.05) is 0 Å². The molecule has 3 amide bonds. The maximum Gasteiger partial charge on any atom is 0.338 e. The van der Waals surface area contributed by atoms with E-state index in [-0.39, 0.29) is 35.0 Å². The van der Waals surface area contributed by atoms with Crippen LogP contribution in [0.4, 0.5) is 11.4 Å². The van der Waals surface area contributed by atoms with Crippen molar-refractivity contribution in [2.24, 2.45) is 17.8 Å². The van der Waals surface area contributed by atoms with Crippen molar-refractivity contribution in [3.63, 3.8) is 0 Å². The van der Waals surface area contributed by atoms with E-state index in [2.05, 4.69) is 12.2 Å². The van der Waals surface area contributed by atoms with Gasteiger partial charge in [-0.3, -0.25) is 24.1 Å². The monoisotopic (exact) mass is 462 g/mol. The summed E-state index contributed by atoms with van der Waals surface area (Å²) in [6.07, 6.45) is 2.30. The van der Waals surface area contributed by atoms with Crippen LogP contribution in [0.25, 0.3) is 0 Å². The average molecular weight is 463 g/mol. The van der Waals surface area contributed by atoms with Gasteiger partial charge < -0.3 is 10.1 Å². The molecule has 2 aromatic rings. The molecular formula is C26H26N2O6. The van der Waals surface area contributed by atoms with Crippen molar-refractivity contribution in [2.75, 3.05) is 16.8 Å². The Kier molecular flexibility index (Phi) is 6.58. The number of hydrogen-bond donors (Lipinski definition) is 1. The quantitative estimate of drug-likeness (QED) is 0.399. The van der Waals surface area contributed by atoms with E-state index in [9.17, 15) is 24.0 Å². The predicted molar refractivity (Wildman–Crippen MR) is 124 cm³/mol. The Balaban J connectivity index is 1.40. The van der Waals surface area contributed by atoms with Crippen molar-refractivity contribution in [2.45, 2.75) is 33.1 Å². The smallest absolute Gasteiger partial charge is 0.338 e. The first-order valence-corrected chi connectivity index (χ1v) is 11.3. The maximum atomic E-state index is 12.9. The Hall–Kier alpha value is -3.81. The fourth-order valence-corrected chi connectivity index (χ4v) is 4.64. The van der Waals surface area contributed by atoms with E-state index in [0.29, 0.717) is 35.7 Å². The normalized spacial score (nSPS) is 21.7. The number of fused-ring (bicyclic) bond motifs is 1. The minimum atomic E-state index is -0.750. The van der Waals surface area contributed by atoms with E-state index in [0.717, 1.165) is 6.42 Å². The molecule has 176 valence electrons. The highest BCUT2D eigenvalue weighted by Crippen LogP contribution is 2.42. The number of ketones is 1. The molecule has 1 saturated heterocycles. The third kappa shape index (κ3) is 4.76. The van der Waals surface area contributed by atoms with Crippen LogP contribution in [0.5, 0.6) is 0 Å². The van der Waals surface area contributed by atoms with Gasteiger partial charge in [0, 0.05) is 11.3 Å². The second-order valence-corrected chi connectivity index (χ2v) is 8.95. The van der Waals surface area contributed by atoms with Gasteiger partial charge >= 0.3 is 5.97 Å². The van der Waals surface area contributed by atoms with Crippen LogP contribution in [0.15, 0.2) is 48.5 Å². The Labute approximate surface area is 197 Å². The predicted octanol–water partition coefficient (Wildman–Crippen LogP) is 3.61. The van der Waals surface area contributed by atoms with Crippen molar-refractivity contribution < 1.29 is 28.7 Å². The fourth-order valence-electron chi connectivity index (χ4n) is 4.64. The zero-order valence-electron chi connectivity index (χ0n) is 19.1. The van der Waals surface area contributed by atoms with Gasteiger partial charge in [0.25, 0.3) is 5.91 Å². The van der Waals surface area contributed by atoms with E-state index >= 15 is 0 Å². The lowest BCUT2D eigenvalue weighted by molar-refractivity contribution is -0.122. The van der Waals surface area contributed by atoms with Crippen LogP contribution in [-0.2, 0) is 19.1 Å². The van der Waals surface area contributed by atoms with E-state index < -0.39 is 18.5 Å². The number of rotatable bonds is 6. The summed E-state index contributed by atoms with van der Waals surface area (Å²) in [5.41, 5.74) is 1.33. The number of amides is 3. The molecule has 1 heterocycles. The molecule has 8 nitrogen and oxygen atoms in total. The van der Waals surface area contributed by atoms with Gasteiger partial charge in [-0.05, 0) is 62.4 Å². The summed E-state index contributed by atoms with van der Waals surface area (Å²) in [7, 11) is 0. The number of hydrogen-bond acceptors (Lipinski definition) is 6. The topological polar surface area (TPSA) is 110 Å². The largest absolute Gasteiger partial charge is 0.452 e. The lowest BCUT2D eigenvalue weighted by Gasteiger charge is -2.25. The Morgan fingerprint density at radius 2 is 1.68 bits per heavy atom. The molecule has 3 atom stereocenters. The van der Waals surface area contributed by atoms with E-state index in [1.54, 1.807) is 30.3 Å². The second-order valence-electron chi connectivity index (χ2n) is 8.95. The van der Waals surface area contributed by atoms with Crippen molar-refractivity contribution in [1.29, 1.82) is 0 Å². The summed E-state index contributed by atoms with van der Waals surface area (Å²) in [6.45, 7) is 2.98. The Morgan fingerprint density at radius 1 is 0.971 bits per heavy atom. The number of esters is 1. The molecule has 4 rings (SSSR count). The summed E-state index contributed by atoms with van der Waals surface area (Å²) in [6, 6.07) is 12.6. The van der Waals surface area contributed by atoms with Gasteiger partial charge in [-0.25, -0.2) is 4.79 Å². The molecule has 0 unspecified atom stereocenters. The molecule has 1 aliphatic carbocycles. The first kappa shape index (κ1) is 23.4. The van der Waals surface area contributed by atoms with Crippen molar-refractivity contribution in [3.8, 4) is 0 Å². The number of carbonyl (C=O) groups is 5. The van der Waals surface area contributed by atoms with Crippen molar-refractivity contribution in [1.82, 2.24) is 0 Å². The number of nitrogens with zero attached hydrogens (tertiary/aromatic N) is 1. The number of benzene rings is 2. The van der Waals surface area contributed by atoms with Crippen LogP contribution in [0.3, 0.4) is 0 Å². The number of carbonyl (C=O) groups excluding carboxylic acids is 5. The minimum absolute atomic E-state index is 0.132. The van der Waals surface area contributed by atoms with Gasteiger partial charge in [0.05, 0.1) is 23.1 Å². The minimum Gasteiger partial charge on any atom is -0.452 e. The molecule has 1 aliphatic heterocycles. The molecule has 0 radical (unpaired) electrons. The summed E-state index contributed by atoms with van der Waals surface area (Å²) in [4.78, 5) is 63.2. The van der Waals surface area contributed by atoms with E-state index in [4.69, 9.17) is 4.74 Å². The molecule has 2 aliphatic rings. The van der Waals surface area contributed by atoms with Gasteiger partial charge in [-0.15, -0.1) is 0 Å². The molecule has 0 spiro atoms. The summed E-state index contributed by atoms with van der Waals surface area (Å²) in [5, 5.41) is 2.58. The van der Waals surface area contributed by atoms with Crippen molar-refractivity contribution >= 4 is 40.8 Å². The average Bonchev–Trinajstić information content (AvgIpc) is 3.06. The Morgan fingerprint density at radius 3 is 2.44 bits per heavy atom. The molecule has 34 heavy (non-hydrogen) atoms. The molecule has 8 heteroatoms. The lowest BCUT2D eigenvalue weighted by atomic mass is 9.76. The SMILES string of the molecule is CC(=O)c1cccc(NC(=O)COC(=O)c2cccc(N3C(=O)[C@H]4C[C@@H](C)CC[C@H]4C3=O)c2)c1. The first-order valence-electron chi connectivity index (χ1n) is 11.3. The zero-order valence-corrected chi connectivity index (χ0v) is 19.1. The van der Waals surface area contributed by atoms with Gasteiger partial charge in [-0.1, -0.05) is 25.1 Å². The second kappa shape index (κ2) is 9.59. The van der Waals surface area contributed by atoms with Gasteiger partial charge in [0.15, 0.2) is 12.4 Å². The van der Waals surface area contributed by atoms with E-state index in [1.165, 1.54) is 30.0 Å². The van der Waals surface area contributed by atoms with Crippen LogP contribution >= 0.6 is 0 Å². The number of Topliss-reactive ketones (excluding diaryl/α,β-unsaturated/α-hetero) is 1. The van der Waals surface area contributed by atoms with Crippen LogP contribution in [-0.4, -0.2) is 36.1 Å². The highest BCUT2D eigenvalue weighted by Gasteiger charge is 2.50. The molecular weight excluding hydrogens is 436 g/mol. The van der Waals surface area contributed by atoms with Gasteiger partial charge in [-0.2, -0.15) is 0 Å². The maximum absolute atomic E-state index is 12.9. The van der Waals surface area contributed by atoms with Crippen LogP contribution in [0, 0.1) is 17.8 Å². The number of anilines is 2. The third-order valence-corrected chi connectivity index (χ3v) is 6.41. The van der Waals surface area contributed by atoms with Crippen LogP contribution < -0.4 is 10.2 Å². The van der Waals surface area contributed by atoms with Gasteiger partial charge in [0.1, 0.15) is 0 Å². The Bertz CT molecular complexity index is 1170. The van der Waals surface area contributed by atoms with Gasteiger partial charge in [0.2, 0.25) is 11.8 Å². The molecule has 0 aromatic heterocycles. The van der Waals surface area contributed by atoms with Crippen LogP contribution in [0.2, 0.25) is 0 Å². The molecule has 0 bridgehead atoms. The lowest BCUT2D eigenvalue weighted by Crippen LogP contribution is -2.31. The summed E-state index contributed by atoms with van der Waals surface area (Å²) >= 11 is 0. The number of ether oxygens (including phenoxy) is 1. The molecule has 1 N–H and O–H groups in total.